The number of benzene rings is 3. The van der Waals surface area contributed by atoms with Crippen molar-refractivity contribution in [2.75, 3.05) is 16.4 Å². The zero-order valence-electron chi connectivity index (χ0n) is 22.8. The van der Waals surface area contributed by atoms with Gasteiger partial charge in [-0.2, -0.15) is 0 Å². The maximum atomic E-state index is 13.6. The van der Waals surface area contributed by atoms with E-state index in [1.54, 1.807) is 29.2 Å². The number of nitrogens with two attached hydrogens (primary N) is 2. The average molecular weight is 510 g/mol. The molecule has 0 radical (unpaired) electrons. The molecule has 0 aliphatic heterocycles. The van der Waals surface area contributed by atoms with Gasteiger partial charge in [-0.3, -0.25) is 9.69 Å². The molecule has 38 heavy (non-hydrogen) atoms. The summed E-state index contributed by atoms with van der Waals surface area (Å²) in [5.41, 5.74) is 16.8. The predicted molar refractivity (Wildman–Crippen MR) is 160 cm³/mol. The number of nitrogen functional groups attached to an aromatic ring is 2. The minimum absolute atomic E-state index is 0.0864. The molecule has 4 nitrogen and oxygen atoms in total. The van der Waals surface area contributed by atoms with Crippen molar-refractivity contribution in [3.8, 4) is 0 Å². The molecule has 5 rings (SSSR count). The van der Waals surface area contributed by atoms with Crippen molar-refractivity contribution >= 4 is 28.7 Å². The van der Waals surface area contributed by atoms with Crippen LogP contribution in [0.5, 0.6) is 0 Å². The van der Waals surface area contributed by atoms with E-state index in [0.29, 0.717) is 22.9 Å². The van der Waals surface area contributed by atoms with E-state index < -0.39 is 0 Å². The van der Waals surface area contributed by atoms with Crippen molar-refractivity contribution in [2.45, 2.75) is 77.0 Å². The lowest BCUT2D eigenvalue weighted by molar-refractivity contribution is 0.0999. The highest BCUT2D eigenvalue weighted by atomic mass is 16.2. The Morgan fingerprint density at radius 2 is 1.16 bits per heavy atom. The van der Waals surface area contributed by atoms with Crippen LogP contribution in [0, 0.1) is 17.8 Å². The maximum Gasteiger partial charge on any atom is 0.262 e. The van der Waals surface area contributed by atoms with Gasteiger partial charge in [0.2, 0.25) is 0 Å². The van der Waals surface area contributed by atoms with Crippen LogP contribution >= 0.6 is 0 Å². The fraction of sp³-hybridized carbons (Fsp3) is 0.441. The third-order valence-corrected chi connectivity index (χ3v) is 9.16. The van der Waals surface area contributed by atoms with Gasteiger partial charge in [-0.15, -0.1) is 0 Å². The van der Waals surface area contributed by atoms with E-state index in [4.69, 9.17) is 11.5 Å². The highest BCUT2D eigenvalue weighted by Crippen LogP contribution is 2.44. The molecule has 4 heteroatoms. The Morgan fingerprint density at radius 1 is 0.684 bits per heavy atom. The average Bonchev–Trinajstić information content (AvgIpc) is 2.96. The topological polar surface area (TPSA) is 72.3 Å². The number of carbonyl (C=O) groups is 1. The van der Waals surface area contributed by atoms with Gasteiger partial charge in [-0.1, -0.05) is 44.7 Å². The van der Waals surface area contributed by atoms with E-state index >= 15 is 0 Å². The number of rotatable bonds is 7. The van der Waals surface area contributed by atoms with Crippen LogP contribution in [0.4, 0.5) is 22.7 Å². The first-order valence-electron chi connectivity index (χ1n) is 14.7. The molecule has 0 aromatic heterocycles. The van der Waals surface area contributed by atoms with E-state index in [-0.39, 0.29) is 5.91 Å². The molecule has 0 atom stereocenters. The first kappa shape index (κ1) is 26.3. The van der Waals surface area contributed by atoms with Crippen LogP contribution in [0.3, 0.4) is 0 Å². The third kappa shape index (κ3) is 6.06. The van der Waals surface area contributed by atoms with E-state index in [9.17, 15) is 4.79 Å². The third-order valence-electron chi connectivity index (χ3n) is 9.16. The van der Waals surface area contributed by atoms with Gasteiger partial charge >= 0.3 is 0 Å². The summed E-state index contributed by atoms with van der Waals surface area (Å²) >= 11 is 0. The van der Waals surface area contributed by atoms with Crippen molar-refractivity contribution in [3.63, 3.8) is 0 Å². The van der Waals surface area contributed by atoms with Gasteiger partial charge in [0.15, 0.2) is 0 Å². The molecule has 4 N–H and O–H groups in total. The highest BCUT2D eigenvalue weighted by molar-refractivity contribution is 6.11. The summed E-state index contributed by atoms with van der Waals surface area (Å²) in [6, 6.07) is 23.2. The minimum atomic E-state index is -0.0864. The molecule has 3 aromatic carbocycles. The first-order chi connectivity index (χ1) is 18.5. The second-order valence-electron chi connectivity index (χ2n) is 11.6. The van der Waals surface area contributed by atoms with E-state index in [1.807, 2.05) is 24.3 Å². The fourth-order valence-electron chi connectivity index (χ4n) is 6.94. The van der Waals surface area contributed by atoms with Crippen LogP contribution in [0.1, 0.15) is 93.0 Å². The molecule has 200 valence electrons. The van der Waals surface area contributed by atoms with Gasteiger partial charge in [0, 0.05) is 28.3 Å². The molecule has 2 saturated carbocycles. The van der Waals surface area contributed by atoms with Crippen LogP contribution in [-0.2, 0) is 0 Å². The Labute approximate surface area is 228 Å². The molecule has 2 aliphatic rings. The zero-order valence-corrected chi connectivity index (χ0v) is 22.8. The summed E-state index contributed by atoms with van der Waals surface area (Å²) in [5, 5.41) is 0. The molecule has 0 heterocycles. The highest BCUT2D eigenvalue weighted by Gasteiger charge is 2.31. The van der Waals surface area contributed by atoms with Crippen molar-refractivity contribution in [3.05, 3.63) is 83.9 Å². The first-order valence-corrected chi connectivity index (χ1v) is 14.7. The summed E-state index contributed by atoms with van der Waals surface area (Å²) < 4.78 is 0. The lowest BCUT2D eigenvalue weighted by Crippen LogP contribution is -2.26. The molecule has 0 unspecified atom stereocenters. The number of hydrogen-bond donors (Lipinski definition) is 2. The summed E-state index contributed by atoms with van der Waals surface area (Å²) in [5.74, 6) is 3.41. The monoisotopic (exact) mass is 509 g/mol. The lowest BCUT2D eigenvalue weighted by atomic mass is 9.68. The van der Waals surface area contributed by atoms with E-state index in [2.05, 4.69) is 31.2 Å². The van der Waals surface area contributed by atoms with E-state index in [1.165, 1.54) is 69.8 Å². The lowest BCUT2D eigenvalue weighted by Gasteiger charge is -2.38. The van der Waals surface area contributed by atoms with Crippen molar-refractivity contribution in [1.29, 1.82) is 0 Å². The van der Waals surface area contributed by atoms with Crippen molar-refractivity contribution in [2.24, 2.45) is 17.8 Å². The van der Waals surface area contributed by atoms with Crippen LogP contribution in [0.25, 0.3) is 0 Å². The number of carbonyl (C=O) groups excluding carboxylic acids is 1. The normalized spacial score (nSPS) is 23.6. The van der Waals surface area contributed by atoms with Gasteiger partial charge in [-0.05, 0) is 128 Å². The Morgan fingerprint density at radius 3 is 1.68 bits per heavy atom. The summed E-state index contributed by atoms with van der Waals surface area (Å²) in [6.07, 6.45) is 13.9. The van der Waals surface area contributed by atoms with Gasteiger partial charge in [-0.25, -0.2) is 0 Å². The largest absolute Gasteiger partial charge is 0.399 e. The fourth-order valence-corrected chi connectivity index (χ4v) is 6.94. The van der Waals surface area contributed by atoms with E-state index in [0.717, 1.165) is 29.1 Å². The Hall–Kier alpha value is -3.27. The second-order valence-corrected chi connectivity index (χ2v) is 11.6. The minimum Gasteiger partial charge on any atom is -0.399 e. The number of anilines is 4. The summed E-state index contributed by atoms with van der Waals surface area (Å²) in [4.78, 5) is 15.4. The number of hydrogen-bond acceptors (Lipinski definition) is 3. The second kappa shape index (κ2) is 12.1. The van der Waals surface area contributed by atoms with Crippen molar-refractivity contribution < 1.29 is 4.79 Å². The molecule has 2 fully saturated rings. The SMILES string of the molecule is CCCC1CCC(C2CCC(c3ccc(N(C(=O)c4ccc(N)cc4)c4ccc(N)cc4)cc3)CC2)CC1. The molecule has 1 amide bonds. The molecular weight excluding hydrogens is 466 g/mol. The van der Waals surface area contributed by atoms with Gasteiger partial charge in [0.1, 0.15) is 0 Å². The molecule has 0 spiro atoms. The summed E-state index contributed by atoms with van der Waals surface area (Å²) in [7, 11) is 0. The summed E-state index contributed by atoms with van der Waals surface area (Å²) in [6.45, 7) is 2.33. The molecule has 3 aromatic rings. The predicted octanol–water partition coefficient (Wildman–Crippen LogP) is 8.71. The van der Waals surface area contributed by atoms with Crippen LogP contribution in [0.15, 0.2) is 72.8 Å². The molecular formula is C34H43N3O. The zero-order chi connectivity index (χ0) is 26.5. The number of amides is 1. The smallest absolute Gasteiger partial charge is 0.262 e. The molecule has 0 bridgehead atoms. The van der Waals surface area contributed by atoms with Gasteiger partial charge < -0.3 is 11.5 Å². The Bertz CT molecular complexity index is 1170. The van der Waals surface area contributed by atoms with Crippen LogP contribution in [-0.4, -0.2) is 5.91 Å². The van der Waals surface area contributed by atoms with Gasteiger partial charge in [0.05, 0.1) is 0 Å². The Balaban J connectivity index is 1.27. The van der Waals surface area contributed by atoms with Crippen LogP contribution < -0.4 is 16.4 Å². The standard InChI is InChI=1S/C34H43N3O/c1-2-3-24-4-6-25(7-5-24)26-8-10-27(11-9-26)28-14-20-32(21-15-28)37(33-22-18-31(36)19-23-33)34(38)29-12-16-30(35)17-13-29/h12-27H,2-11,35-36H2,1H3. The Kier molecular flexibility index (Phi) is 8.36. The maximum absolute atomic E-state index is 13.6. The van der Waals surface area contributed by atoms with Crippen molar-refractivity contribution in [1.82, 2.24) is 0 Å². The molecule has 2 aliphatic carbocycles. The van der Waals surface area contributed by atoms with Crippen LogP contribution in [0.2, 0.25) is 0 Å². The molecule has 0 saturated heterocycles. The van der Waals surface area contributed by atoms with Gasteiger partial charge in [0.25, 0.3) is 5.91 Å². The quantitative estimate of drug-likeness (QED) is 0.313. The number of nitrogens with zero attached hydrogens (tertiary/aromatic N) is 1.